The molecule has 3 aromatic rings. The number of anilines is 1. The van der Waals surface area contributed by atoms with Crippen molar-refractivity contribution in [3.05, 3.63) is 71.2 Å². The van der Waals surface area contributed by atoms with Crippen LogP contribution in [0.2, 0.25) is 5.02 Å². The molecule has 0 aromatic heterocycles. The largest absolute Gasteiger partial charge is 0.508 e. The SMILES string of the molecule is C[C@H]1c2ccccc2-c2ccc(Cl)cc2N1S(=O)(=O)c1ccc(O)cc1O. The number of benzene rings is 3. The zero-order valence-corrected chi connectivity index (χ0v) is 15.9. The molecule has 1 heterocycles. The molecule has 1 aliphatic rings. The fourth-order valence-corrected chi connectivity index (χ4v) is 5.41. The number of phenols is 2. The quantitative estimate of drug-likeness (QED) is 0.653. The van der Waals surface area contributed by atoms with Gasteiger partial charge in [0.05, 0.1) is 11.7 Å². The van der Waals surface area contributed by atoms with Gasteiger partial charge in [0.25, 0.3) is 10.0 Å². The maximum atomic E-state index is 13.5. The summed E-state index contributed by atoms with van der Waals surface area (Å²) in [6, 6.07) is 15.6. The van der Waals surface area contributed by atoms with Gasteiger partial charge in [0.15, 0.2) is 0 Å². The second-order valence-corrected chi connectivity index (χ2v) is 8.60. The lowest BCUT2D eigenvalue weighted by Gasteiger charge is -2.37. The fraction of sp³-hybridized carbons (Fsp3) is 0.100. The maximum Gasteiger partial charge on any atom is 0.268 e. The van der Waals surface area contributed by atoms with Gasteiger partial charge in [-0.3, -0.25) is 4.31 Å². The zero-order valence-electron chi connectivity index (χ0n) is 14.3. The summed E-state index contributed by atoms with van der Waals surface area (Å²) in [6.45, 7) is 1.79. The summed E-state index contributed by atoms with van der Waals surface area (Å²) in [7, 11) is -4.12. The third-order valence-corrected chi connectivity index (χ3v) is 6.90. The van der Waals surface area contributed by atoms with Crippen molar-refractivity contribution in [2.75, 3.05) is 4.31 Å². The van der Waals surface area contributed by atoms with Crippen molar-refractivity contribution in [3.8, 4) is 22.6 Å². The number of hydrogen-bond donors (Lipinski definition) is 2. The van der Waals surface area contributed by atoms with Gasteiger partial charge in [-0.05, 0) is 42.3 Å². The first kappa shape index (κ1) is 17.7. The molecule has 0 fully saturated rings. The van der Waals surface area contributed by atoms with Crippen LogP contribution >= 0.6 is 11.6 Å². The van der Waals surface area contributed by atoms with E-state index in [9.17, 15) is 18.6 Å². The van der Waals surface area contributed by atoms with Gasteiger partial charge >= 0.3 is 0 Å². The molecular weight excluding hydrogens is 386 g/mol. The first-order valence-corrected chi connectivity index (χ1v) is 10.1. The summed E-state index contributed by atoms with van der Waals surface area (Å²) in [5.41, 5.74) is 2.99. The lowest BCUT2D eigenvalue weighted by molar-refractivity contribution is 0.439. The van der Waals surface area contributed by atoms with E-state index in [0.717, 1.165) is 22.8 Å². The smallest absolute Gasteiger partial charge is 0.268 e. The summed E-state index contributed by atoms with van der Waals surface area (Å²) in [5, 5.41) is 20.1. The van der Waals surface area contributed by atoms with E-state index in [1.165, 1.54) is 16.4 Å². The Morgan fingerprint density at radius 2 is 1.70 bits per heavy atom. The topological polar surface area (TPSA) is 77.8 Å². The van der Waals surface area contributed by atoms with Gasteiger partial charge in [0.1, 0.15) is 16.4 Å². The Morgan fingerprint density at radius 1 is 0.963 bits per heavy atom. The van der Waals surface area contributed by atoms with Crippen molar-refractivity contribution < 1.29 is 18.6 Å². The molecule has 2 N–H and O–H groups in total. The minimum Gasteiger partial charge on any atom is -0.508 e. The Labute approximate surface area is 162 Å². The van der Waals surface area contributed by atoms with Crippen LogP contribution in [-0.2, 0) is 10.0 Å². The molecule has 27 heavy (non-hydrogen) atoms. The molecule has 0 radical (unpaired) electrons. The van der Waals surface area contributed by atoms with Crippen molar-refractivity contribution in [2.24, 2.45) is 0 Å². The second-order valence-electron chi connectivity index (χ2n) is 6.38. The monoisotopic (exact) mass is 401 g/mol. The zero-order chi connectivity index (χ0) is 19.3. The molecule has 0 aliphatic carbocycles. The molecule has 4 rings (SSSR count). The van der Waals surface area contributed by atoms with Crippen LogP contribution in [0.25, 0.3) is 11.1 Å². The Kier molecular flexibility index (Phi) is 4.05. The first-order valence-electron chi connectivity index (χ1n) is 8.26. The van der Waals surface area contributed by atoms with Crippen molar-refractivity contribution in [1.29, 1.82) is 0 Å². The van der Waals surface area contributed by atoms with Crippen LogP contribution in [0.5, 0.6) is 11.5 Å². The average molecular weight is 402 g/mol. The highest BCUT2D eigenvalue weighted by molar-refractivity contribution is 7.93. The van der Waals surface area contributed by atoms with Crippen molar-refractivity contribution in [1.82, 2.24) is 0 Å². The maximum absolute atomic E-state index is 13.5. The number of aromatic hydroxyl groups is 2. The molecule has 0 spiro atoms. The van der Waals surface area contributed by atoms with Crippen LogP contribution in [0.1, 0.15) is 18.5 Å². The van der Waals surface area contributed by atoms with Gasteiger partial charge in [-0.2, -0.15) is 0 Å². The van der Waals surface area contributed by atoms with Gasteiger partial charge in [0.2, 0.25) is 0 Å². The summed E-state index contributed by atoms with van der Waals surface area (Å²) < 4.78 is 28.2. The van der Waals surface area contributed by atoms with E-state index in [0.29, 0.717) is 10.7 Å². The number of halogens is 1. The molecule has 1 atom stereocenters. The Morgan fingerprint density at radius 3 is 2.44 bits per heavy atom. The highest BCUT2D eigenvalue weighted by Crippen LogP contribution is 2.48. The van der Waals surface area contributed by atoms with Gasteiger partial charge < -0.3 is 10.2 Å². The minimum atomic E-state index is -4.12. The summed E-state index contributed by atoms with van der Waals surface area (Å²) in [4.78, 5) is -0.280. The molecule has 1 aliphatic heterocycles. The van der Waals surface area contributed by atoms with E-state index >= 15 is 0 Å². The van der Waals surface area contributed by atoms with Crippen LogP contribution in [0.15, 0.2) is 65.6 Å². The van der Waals surface area contributed by atoms with E-state index < -0.39 is 21.8 Å². The lowest BCUT2D eigenvalue weighted by atomic mass is 9.90. The number of sulfonamides is 1. The predicted octanol–water partition coefficient (Wildman–Crippen LogP) is 4.69. The molecule has 3 aromatic carbocycles. The Balaban J connectivity index is 1.99. The third-order valence-electron chi connectivity index (χ3n) is 4.73. The minimum absolute atomic E-state index is 0.216. The van der Waals surface area contributed by atoms with Crippen LogP contribution in [-0.4, -0.2) is 18.6 Å². The normalized spacial score (nSPS) is 15.9. The van der Waals surface area contributed by atoms with Crippen LogP contribution in [0, 0.1) is 0 Å². The van der Waals surface area contributed by atoms with Crippen LogP contribution < -0.4 is 4.31 Å². The number of phenolic OH excluding ortho intramolecular Hbond substituents is 2. The molecule has 5 nitrogen and oxygen atoms in total. The van der Waals surface area contributed by atoms with E-state index in [1.807, 2.05) is 24.3 Å². The average Bonchev–Trinajstić information content (AvgIpc) is 2.61. The van der Waals surface area contributed by atoms with Gasteiger partial charge in [-0.1, -0.05) is 41.9 Å². The van der Waals surface area contributed by atoms with E-state index in [1.54, 1.807) is 25.1 Å². The van der Waals surface area contributed by atoms with Crippen molar-refractivity contribution >= 4 is 27.3 Å². The number of rotatable bonds is 2. The molecule has 138 valence electrons. The molecule has 0 saturated heterocycles. The molecule has 0 bridgehead atoms. The predicted molar refractivity (Wildman–Crippen MR) is 105 cm³/mol. The van der Waals surface area contributed by atoms with Gasteiger partial charge in [-0.15, -0.1) is 0 Å². The van der Waals surface area contributed by atoms with Crippen molar-refractivity contribution in [3.63, 3.8) is 0 Å². The Bertz CT molecular complexity index is 1160. The molecule has 7 heteroatoms. The van der Waals surface area contributed by atoms with Gasteiger partial charge in [-0.25, -0.2) is 8.42 Å². The summed E-state index contributed by atoms with van der Waals surface area (Å²) in [6.07, 6.45) is 0. The standard InChI is InChI=1S/C20H16ClNO4S/c1-12-15-4-2-3-5-16(15)17-8-6-13(21)10-18(17)22(12)27(25,26)20-9-7-14(23)11-19(20)24/h2-12,23-24H,1H3/t12-/m0/s1. The fourth-order valence-electron chi connectivity index (χ4n) is 3.52. The molecule has 0 saturated carbocycles. The van der Waals surface area contributed by atoms with Crippen LogP contribution in [0.4, 0.5) is 5.69 Å². The van der Waals surface area contributed by atoms with E-state index in [4.69, 9.17) is 11.6 Å². The third kappa shape index (κ3) is 2.72. The number of fused-ring (bicyclic) bond motifs is 3. The van der Waals surface area contributed by atoms with Crippen LogP contribution in [0.3, 0.4) is 0 Å². The molecule has 0 unspecified atom stereocenters. The first-order chi connectivity index (χ1) is 12.8. The van der Waals surface area contributed by atoms with Crippen molar-refractivity contribution in [2.45, 2.75) is 17.9 Å². The highest BCUT2D eigenvalue weighted by atomic mass is 35.5. The number of hydrogen-bond acceptors (Lipinski definition) is 4. The summed E-state index contributed by atoms with van der Waals surface area (Å²) >= 11 is 6.16. The van der Waals surface area contributed by atoms with Gasteiger partial charge in [0, 0.05) is 16.7 Å². The Hall–Kier alpha value is -2.70. The second kappa shape index (κ2) is 6.18. The van der Waals surface area contributed by atoms with E-state index in [-0.39, 0.29) is 10.6 Å². The highest BCUT2D eigenvalue weighted by Gasteiger charge is 2.38. The van der Waals surface area contributed by atoms with E-state index in [2.05, 4.69) is 0 Å². The molecular formula is C20H16ClNO4S. The number of nitrogens with zero attached hydrogens (tertiary/aromatic N) is 1. The summed E-state index contributed by atoms with van der Waals surface area (Å²) in [5.74, 6) is -0.725. The molecule has 0 amide bonds. The lowest BCUT2D eigenvalue weighted by Crippen LogP contribution is -2.36.